The monoisotopic (exact) mass is 155 g/mol. The van der Waals surface area contributed by atoms with Gasteiger partial charge in [-0.25, -0.2) is 0 Å². The van der Waals surface area contributed by atoms with Crippen LogP contribution in [0.1, 0.15) is 13.3 Å². The van der Waals surface area contributed by atoms with Crippen molar-refractivity contribution in [3.63, 3.8) is 0 Å². The van der Waals surface area contributed by atoms with Gasteiger partial charge in [-0.05, 0) is 14.0 Å². The zero-order valence-electron chi connectivity index (χ0n) is 6.96. The number of rotatable bonds is 1. The third-order valence-electron chi connectivity index (χ3n) is 2.11. The van der Waals surface area contributed by atoms with Crippen molar-refractivity contribution in [3.8, 4) is 0 Å². The van der Waals surface area contributed by atoms with Crippen molar-refractivity contribution in [2.24, 2.45) is 5.92 Å². The molecular weight excluding hydrogens is 142 g/mol. The molecule has 62 valence electrons. The summed E-state index contributed by atoms with van der Waals surface area (Å²) in [4.78, 5) is 24.1. The van der Waals surface area contributed by atoms with E-state index >= 15 is 0 Å². The molecule has 0 bridgehead atoms. The number of piperidine rings is 1. The highest BCUT2D eigenvalue weighted by Gasteiger charge is 2.28. The van der Waals surface area contributed by atoms with Crippen LogP contribution >= 0.6 is 0 Å². The number of nitrogens with zero attached hydrogens (tertiary/aromatic N) is 1. The topological polar surface area (TPSA) is 37.4 Å². The quantitative estimate of drug-likeness (QED) is 0.504. The molecule has 0 aliphatic carbocycles. The predicted octanol–water partition coefficient (Wildman–Crippen LogP) is 0.0962. The lowest BCUT2D eigenvalue weighted by Gasteiger charge is -2.26. The molecule has 1 saturated heterocycles. The fraction of sp³-hybridized carbons (Fsp3) is 0.750. The van der Waals surface area contributed by atoms with E-state index in [-0.39, 0.29) is 17.5 Å². The Labute approximate surface area is 66.4 Å². The third-order valence-corrected chi connectivity index (χ3v) is 2.11. The zero-order valence-corrected chi connectivity index (χ0v) is 6.96. The van der Waals surface area contributed by atoms with E-state index < -0.39 is 0 Å². The molecule has 0 saturated carbocycles. The molecule has 0 radical (unpaired) electrons. The van der Waals surface area contributed by atoms with Gasteiger partial charge in [0.2, 0.25) is 0 Å². The first-order valence-corrected chi connectivity index (χ1v) is 3.83. The number of ketones is 2. The highest BCUT2D eigenvalue weighted by Crippen LogP contribution is 2.11. The van der Waals surface area contributed by atoms with Gasteiger partial charge in [-0.15, -0.1) is 0 Å². The first-order chi connectivity index (χ1) is 5.11. The fourth-order valence-corrected chi connectivity index (χ4v) is 1.34. The molecule has 1 heterocycles. The summed E-state index contributed by atoms with van der Waals surface area (Å²) in [5, 5.41) is 0. The molecule has 1 unspecified atom stereocenters. The van der Waals surface area contributed by atoms with E-state index in [0.29, 0.717) is 13.0 Å². The Morgan fingerprint density at radius 3 is 2.73 bits per heavy atom. The Morgan fingerprint density at radius 2 is 2.27 bits per heavy atom. The average Bonchev–Trinajstić information content (AvgIpc) is 1.94. The molecule has 3 heteroatoms. The summed E-state index contributed by atoms with van der Waals surface area (Å²) in [6.45, 7) is 2.89. The summed E-state index contributed by atoms with van der Waals surface area (Å²) in [6, 6.07) is 0. The summed E-state index contributed by atoms with van der Waals surface area (Å²) >= 11 is 0. The minimum absolute atomic E-state index is 0.00144. The van der Waals surface area contributed by atoms with E-state index in [1.54, 1.807) is 0 Å². The van der Waals surface area contributed by atoms with Gasteiger partial charge in [-0.1, -0.05) is 0 Å². The van der Waals surface area contributed by atoms with E-state index in [1.807, 2.05) is 11.9 Å². The number of hydrogen-bond donors (Lipinski definition) is 0. The number of carbonyl (C=O) groups is 2. The van der Waals surface area contributed by atoms with E-state index in [9.17, 15) is 9.59 Å². The number of likely N-dealkylation sites (tertiary alicyclic amines) is 1. The molecule has 1 fully saturated rings. The maximum atomic E-state index is 11.1. The second kappa shape index (κ2) is 3.13. The Hall–Kier alpha value is -0.700. The van der Waals surface area contributed by atoms with Gasteiger partial charge in [-0.2, -0.15) is 0 Å². The van der Waals surface area contributed by atoms with Crippen LogP contribution < -0.4 is 0 Å². The van der Waals surface area contributed by atoms with Crippen molar-refractivity contribution < 1.29 is 9.59 Å². The van der Waals surface area contributed by atoms with Crippen molar-refractivity contribution in [3.05, 3.63) is 0 Å². The third kappa shape index (κ3) is 1.87. The van der Waals surface area contributed by atoms with Crippen molar-refractivity contribution in [1.82, 2.24) is 4.90 Å². The van der Waals surface area contributed by atoms with E-state index in [0.717, 1.165) is 6.54 Å². The van der Waals surface area contributed by atoms with Crippen LogP contribution in [0.15, 0.2) is 0 Å². The lowest BCUT2D eigenvalue weighted by atomic mass is 9.94. The summed E-state index contributed by atoms with van der Waals surface area (Å²) in [7, 11) is 1.93. The summed E-state index contributed by atoms with van der Waals surface area (Å²) < 4.78 is 0. The van der Waals surface area contributed by atoms with Gasteiger partial charge in [0.15, 0.2) is 0 Å². The minimum atomic E-state index is -0.353. The molecule has 1 aliphatic heterocycles. The second-order valence-corrected chi connectivity index (χ2v) is 3.14. The Kier molecular flexibility index (Phi) is 2.39. The van der Waals surface area contributed by atoms with Crippen molar-refractivity contribution in [1.29, 1.82) is 0 Å². The SMILES string of the molecule is CC(=O)C1CN(C)CCC1=O. The molecule has 3 nitrogen and oxygen atoms in total. The molecule has 0 N–H and O–H groups in total. The smallest absolute Gasteiger partial charge is 0.145 e. The van der Waals surface area contributed by atoms with Crippen LogP contribution in [-0.2, 0) is 9.59 Å². The molecule has 1 atom stereocenters. The number of hydrogen-bond acceptors (Lipinski definition) is 3. The van der Waals surface area contributed by atoms with Crippen molar-refractivity contribution in [2.45, 2.75) is 13.3 Å². The minimum Gasteiger partial charge on any atom is -0.305 e. The van der Waals surface area contributed by atoms with Gasteiger partial charge in [0.1, 0.15) is 11.6 Å². The Balaban J connectivity index is 2.61. The molecule has 11 heavy (non-hydrogen) atoms. The molecule has 0 spiro atoms. The Bertz CT molecular complexity index is 189. The normalized spacial score (nSPS) is 27.1. The van der Waals surface area contributed by atoms with Gasteiger partial charge in [0.25, 0.3) is 0 Å². The molecule has 0 amide bonds. The van der Waals surface area contributed by atoms with Crippen LogP contribution in [0, 0.1) is 5.92 Å². The maximum Gasteiger partial charge on any atom is 0.145 e. The lowest BCUT2D eigenvalue weighted by Crippen LogP contribution is -2.41. The van der Waals surface area contributed by atoms with Gasteiger partial charge in [-0.3, -0.25) is 9.59 Å². The van der Waals surface area contributed by atoms with E-state index in [4.69, 9.17) is 0 Å². The molecule has 0 aromatic carbocycles. The predicted molar refractivity (Wildman–Crippen MR) is 41.3 cm³/mol. The van der Waals surface area contributed by atoms with Crippen LogP contribution in [0.4, 0.5) is 0 Å². The van der Waals surface area contributed by atoms with Crippen LogP contribution in [0.2, 0.25) is 0 Å². The summed E-state index contributed by atoms with van der Waals surface area (Å²) in [5.74, 6) is -0.245. The summed E-state index contributed by atoms with van der Waals surface area (Å²) in [6.07, 6.45) is 0.529. The first-order valence-electron chi connectivity index (χ1n) is 3.83. The average molecular weight is 155 g/mol. The van der Waals surface area contributed by atoms with Crippen LogP contribution in [0.25, 0.3) is 0 Å². The van der Waals surface area contributed by atoms with Gasteiger partial charge in [0.05, 0.1) is 5.92 Å². The fourth-order valence-electron chi connectivity index (χ4n) is 1.34. The van der Waals surface area contributed by atoms with Crippen molar-refractivity contribution >= 4 is 11.6 Å². The van der Waals surface area contributed by atoms with Gasteiger partial charge >= 0.3 is 0 Å². The van der Waals surface area contributed by atoms with Gasteiger partial charge in [0, 0.05) is 19.5 Å². The zero-order chi connectivity index (χ0) is 8.43. The number of carbonyl (C=O) groups excluding carboxylic acids is 2. The van der Waals surface area contributed by atoms with Crippen LogP contribution in [0.5, 0.6) is 0 Å². The first kappa shape index (κ1) is 8.40. The van der Waals surface area contributed by atoms with Gasteiger partial charge < -0.3 is 4.90 Å². The van der Waals surface area contributed by atoms with E-state index in [2.05, 4.69) is 0 Å². The van der Waals surface area contributed by atoms with Crippen LogP contribution in [0.3, 0.4) is 0 Å². The molecule has 0 aromatic rings. The number of Topliss-reactive ketones (excluding diaryl/α,β-unsaturated/α-hetero) is 2. The maximum absolute atomic E-state index is 11.1. The highest BCUT2D eigenvalue weighted by molar-refractivity contribution is 6.02. The second-order valence-electron chi connectivity index (χ2n) is 3.14. The van der Waals surface area contributed by atoms with E-state index in [1.165, 1.54) is 6.92 Å². The highest BCUT2D eigenvalue weighted by atomic mass is 16.1. The van der Waals surface area contributed by atoms with Crippen molar-refractivity contribution in [2.75, 3.05) is 20.1 Å². The Morgan fingerprint density at radius 1 is 1.64 bits per heavy atom. The lowest BCUT2D eigenvalue weighted by molar-refractivity contribution is -0.134. The largest absolute Gasteiger partial charge is 0.305 e. The molecule has 1 aliphatic rings. The molecular formula is C8H13NO2. The molecule has 0 aromatic heterocycles. The molecule has 1 rings (SSSR count). The van der Waals surface area contributed by atoms with Crippen LogP contribution in [-0.4, -0.2) is 36.6 Å². The summed E-state index contributed by atoms with van der Waals surface area (Å²) in [5.41, 5.74) is 0. The standard InChI is InChI=1S/C8H13NO2/c1-6(10)7-5-9(2)4-3-8(7)11/h7H,3-5H2,1-2H3.